The van der Waals surface area contributed by atoms with Crippen LogP contribution >= 0.6 is 0 Å². The zero-order valence-electron chi connectivity index (χ0n) is 19.8. The van der Waals surface area contributed by atoms with Gasteiger partial charge < -0.3 is 24.4 Å². The molecule has 4 atom stereocenters. The van der Waals surface area contributed by atoms with Crippen molar-refractivity contribution in [1.82, 2.24) is 10.2 Å². The number of unbranched alkanes of at least 4 members (excludes halogenated alkanes) is 1. The summed E-state index contributed by atoms with van der Waals surface area (Å²) in [6.45, 7) is 1.94. The molecule has 2 amide bonds. The number of ether oxygens (including phenoxy) is 3. The van der Waals surface area contributed by atoms with E-state index in [1.54, 1.807) is 0 Å². The summed E-state index contributed by atoms with van der Waals surface area (Å²) < 4.78 is 15.5. The largest absolute Gasteiger partial charge is 0.497 e. The van der Waals surface area contributed by atoms with Crippen molar-refractivity contribution in [2.24, 2.45) is 11.8 Å². The van der Waals surface area contributed by atoms with Crippen LogP contribution in [-0.2, 0) is 23.9 Å². The van der Waals surface area contributed by atoms with Crippen molar-refractivity contribution < 1.29 is 48.4 Å². The van der Waals surface area contributed by atoms with Crippen LogP contribution in [0, 0.1) is 11.8 Å². The number of nitrogens with zero attached hydrogens (tertiary/aromatic N) is 1. The van der Waals surface area contributed by atoms with E-state index >= 15 is 0 Å². The molecule has 2 heterocycles. The molecule has 12 heteroatoms. The Hall–Kier alpha value is -3.67. The summed E-state index contributed by atoms with van der Waals surface area (Å²) in [5, 5.41) is 22.5. The molecule has 2 saturated heterocycles. The summed E-state index contributed by atoms with van der Waals surface area (Å²) in [7, 11) is 3.81. The minimum atomic E-state index is -2.29. The molecular formula is C23H28N2O10. The van der Waals surface area contributed by atoms with E-state index in [4.69, 9.17) is 14.2 Å². The number of carboxylic acids is 2. The normalized spacial score (nSPS) is 25.4. The number of rotatable bonds is 10. The third-order valence-electron chi connectivity index (χ3n) is 6.58. The Morgan fingerprint density at radius 3 is 2.29 bits per heavy atom. The van der Waals surface area contributed by atoms with E-state index < -0.39 is 59.6 Å². The van der Waals surface area contributed by atoms with Gasteiger partial charge in [-0.2, -0.15) is 0 Å². The summed E-state index contributed by atoms with van der Waals surface area (Å²) in [4.78, 5) is 64.8. The second-order valence-electron chi connectivity index (χ2n) is 8.44. The van der Waals surface area contributed by atoms with Gasteiger partial charge in [-0.3, -0.25) is 29.4 Å². The number of amides is 2. The van der Waals surface area contributed by atoms with Gasteiger partial charge in [0.15, 0.2) is 0 Å². The molecule has 0 aliphatic carbocycles. The highest BCUT2D eigenvalue weighted by Gasteiger charge is 2.69. The fourth-order valence-corrected chi connectivity index (χ4v) is 5.00. The first-order valence-electron chi connectivity index (χ1n) is 11.0. The lowest BCUT2D eigenvalue weighted by Gasteiger charge is -2.30. The number of likely N-dealkylation sites (tertiary alicyclic amines) is 1. The Labute approximate surface area is 201 Å². The molecular weight excluding hydrogens is 464 g/mol. The summed E-state index contributed by atoms with van der Waals surface area (Å²) in [6.07, 6.45) is 0.205. The molecule has 12 nitrogen and oxygen atoms in total. The lowest BCUT2D eigenvalue weighted by molar-refractivity contribution is -0.156. The first-order valence-corrected chi connectivity index (χ1v) is 11.0. The van der Waals surface area contributed by atoms with Gasteiger partial charge in [0.05, 0.1) is 39.6 Å². The zero-order chi connectivity index (χ0) is 26.1. The van der Waals surface area contributed by atoms with Crippen LogP contribution in [0.25, 0.3) is 0 Å². The highest BCUT2D eigenvalue weighted by molar-refractivity contribution is 6.10. The number of imide groups is 1. The molecule has 3 N–H and O–H groups in total. The fourth-order valence-electron chi connectivity index (χ4n) is 5.00. The maximum Gasteiger partial charge on any atom is 0.341 e. The minimum absolute atomic E-state index is 0.0372. The van der Waals surface area contributed by atoms with Gasteiger partial charge in [-0.25, -0.2) is 4.79 Å². The van der Waals surface area contributed by atoms with Gasteiger partial charge in [0.1, 0.15) is 22.6 Å². The smallest absolute Gasteiger partial charge is 0.341 e. The number of fused-ring (bicyclic) bond motifs is 1. The van der Waals surface area contributed by atoms with Gasteiger partial charge >= 0.3 is 17.9 Å². The van der Waals surface area contributed by atoms with Crippen LogP contribution in [0.2, 0.25) is 0 Å². The van der Waals surface area contributed by atoms with Gasteiger partial charge in [0.25, 0.3) is 0 Å². The van der Waals surface area contributed by atoms with E-state index in [0.717, 1.165) is 12.0 Å². The van der Waals surface area contributed by atoms with Crippen LogP contribution in [0.4, 0.5) is 0 Å². The van der Waals surface area contributed by atoms with E-state index in [1.165, 1.54) is 26.4 Å². The molecule has 1 aromatic rings. The Balaban J connectivity index is 2.29. The predicted molar refractivity (Wildman–Crippen MR) is 118 cm³/mol. The van der Waals surface area contributed by atoms with Crippen LogP contribution in [0.1, 0.15) is 48.1 Å². The molecule has 2 aliphatic rings. The number of esters is 1. The summed E-state index contributed by atoms with van der Waals surface area (Å²) in [5.74, 6) is -7.82. The number of hydrogen-bond acceptors (Lipinski definition) is 9. The van der Waals surface area contributed by atoms with E-state index in [0.29, 0.717) is 12.8 Å². The zero-order valence-corrected chi connectivity index (χ0v) is 19.8. The number of methoxy groups -OCH3 is 3. The molecule has 0 aromatic heterocycles. The Bertz CT molecular complexity index is 1070. The summed E-state index contributed by atoms with van der Waals surface area (Å²) >= 11 is 0. The van der Waals surface area contributed by atoms with E-state index in [2.05, 4.69) is 5.32 Å². The van der Waals surface area contributed by atoms with Crippen LogP contribution < -0.4 is 14.8 Å². The first-order chi connectivity index (χ1) is 16.6. The van der Waals surface area contributed by atoms with Crippen molar-refractivity contribution in [3.8, 4) is 11.5 Å². The van der Waals surface area contributed by atoms with Gasteiger partial charge in [-0.05, 0) is 18.1 Å². The van der Waals surface area contributed by atoms with Crippen molar-refractivity contribution in [3.63, 3.8) is 0 Å². The Morgan fingerprint density at radius 1 is 1.09 bits per heavy atom. The average Bonchev–Trinajstić information content (AvgIpc) is 3.29. The molecule has 190 valence electrons. The predicted octanol–water partition coefficient (Wildman–Crippen LogP) is 0.834. The topological polar surface area (TPSA) is 169 Å². The van der Waals surface area contributed by atoms with Crippen LogP contribution in [0.15, 0.2) is 12.1 Å². The average molecular weight is 492 g/mol. The molecule has 1 aromatic carbocycles. The van der Waals surface area contributed by atoms with Crippen molar-refractivity contribution >= 4 is 29.7 Å². The van der Waals surface area contributed by atoms with Crippen molar-refractivity contribution in [2.45, 2.75) is 37.8 Å². The van der Waals surface area contributed by atoms with E-state index in [1.807, 2.05) is 6.92 Å². The number of carbonyl (C=O) groups is 5. The molecule has 0 saturated carbocycles. The fraction of sp³-hybridized carbons (Fsp3) is 0.522. The summed E-state index contributed by atoms with van der Waals surface area (Å²) in [5.41, 5.74) is -2.30. The number of carbonyl (C=O) groups excluding carboxylic acids is 3. The molecule has 2 fully saturated rings. The van der Waals surface area contributed by atoms with E-state index in [-0.39, 0.29) is 29.2 Å². The Morgan fingerprint density at radius 2 is 1.77 bits per heavy atom. The van der Waals surface area contributed by atoms with Crippen LogP contribution in [-0.4, -0.2) is 78.2 Å². The number of hydrogen-bond donors (Lipinski definition) is 3. The lowest BCUT2D eigenvalue weighted by atomic mass is 9.77. The maximum absolute atomic E-state index is 13.5. The third-order valence-corrected chi connectivity index (χ3v) is 6.58. The van der Waals surface area contributed by atoms with Gasteiger partial charge in [0, 0.05) is 18.7 Å². The van der Waals surface area contributed by atoms with Crippen LogP contribution in [0.3, 0.4) is 0 Å². The van der Waals surface area contributed by atoms with Crippen LogP contribution in [0.5, 0.6) is 11.5 Å². The quantitative estimate of drug-likeness (QED) is 0.312. The highest BCUT2D eigenvalue weighted by Crippen LogP contribution is 2.52. The maximum atomic E-state index is 13.5. The lowest BCUT2D eigenvalue weighted by Crippen LogP contribution is -2.57. The number of benzene rings is 1. The number of carboxylic acid groups (broad SMARTS) is 2. The molecule has 2 aliphatic heterocycles. The minimum Gasteiger partial charge on any atom is -0.497 e. The van der Waals surface area contributed by atoms with Gasteiger partial charge in [-0.1, -0.05) is 13.3 Å². The Kier molecular flexibility index (Phi) is 7.34. The second kappa shape index (κ2) is 9.90. The monoisotopic (exact) mass is 492 g/mol. The van der Waals surface area contributed by atoms with Crippen molar-refractivity contribution in [1.29, 1.82) is 0 Å². The molecule has 4 unspecified atom stereocenters. The molecule has 35 heavy (non-hydrogen) atoms. The molecule has 0 bridgehead atoms. The number of aliphatic carboxylic acids is 2. The van der Waals surface area contributed by atoms with Crippen molar-refractivity contribution in [2.75, 3.05) is 27.9 Å². The van der Waals surface area contributed by atoms with E-state index in [9.17, 15) is 34.2 Å². The molecule has 3 rings (SSSR count). The number of nitrogens with one attached hydrogen (secondary N) is 1. The third kappa shape index (κ3) is 4.18. The summed E-state index contributed by atoms with van der Waals surface area (Å²) in [6, 6.07) is 1.60. The van der Waals surface area contributed by atoms with Gasteiger partial charge in [-0.15, -0.1) is 0 Å². The first kappa shape index (κ1) is 25.9. The second-order valence-corrected chi connectivity index (χ2v) is 8.44. The highest BCUT2D eigenvalue weighted by atomic mass is 16.5. The van der Waals surface area contributed by atoms with Crippen molar-refractivity contribution in [3.05, 3.63) is 23.3 Å². The standard InChI is InChI=1S/C23H28N2O10/c1-5-6-7-25-19(28)16-17(20(25)29)23(22(31)32,10-14(26)27)24-18(16)12-8-11(33-2)9-13(34-3)15(12)21(30)35-4/h8-9,16-18,24H,5-7,10H2,1-4H3,(H,26,27)(H,31,32). The van der Waals surface area contributed by atoms with Gasteiger partial charge in [0.2, 0.25) is 11.8 Å². The SMILES string of the molecule is CCCCN1C(=O)C2C(c3cc(OC)cc(OC)c3C(=O)OC)NC(CC(=O)O)(C(=O)O)C2C1=O. The molecule has 0 radical (unpaired) electrons. The molecule has 0 spiro atoms.